The van der Waals surface area contributed by atoms with Crippen molar-refractivity contribution >= 4 is 23.3 Å². The number of benzene rings is 2. The van der Waals surface area contributed by atoms with E-state index in [0.717, 1.165) is 28.7 Å². The van der Waals surface area contributed by atoms with Crippen molar-refractivity contribution in [3.63, 3.8) is 0 Å². The predicted molar refractivity (Wildman–Crippen MR) is 158 cm³/mol. The number of nitrogens with zero attached hydrogens (tertiary/aromatic N) is 2. The second-order valence-corrected chi connectivity index (χ2v) is 12.6. The summed E-state index contributed by atoms with van der Waals surface area (Å²) < 4.78 is 94.2. The number of carbonyl (C=O) groups is 2. The molecule has 0 aromatic heterocycles. The number of ether oxygens (including phenoxy) is 2. The maximum absolute atomic E-state index is 14.2. The maximum atomic E-state index is 14.2. The van der Waals surface area contributed by atoms with Crippen molar-refractivity contribution in [3.05, 3.63) is 63.7 Å². The highest BCUT2D eigenvalue weighted by Crippen LogP contribution is 2.49. The third-order valence-corrected chi connectivity index (χ3v) is 8.67. The molecule has 0 N–H and O–H groups in total. The standard InChI is InChI=1S/C33H38F6N2O4/c1-8-28(42)40(6)26-14-24(27(44-7)15-25(26)33(37,38)39)23-9-10-31(4,5)16-21(23)17-41-19(3)29(45-30(41)43)20-11-18(2)12-22(13-20)32(34,35)36/h11-15,19,29H,8-10,16-17H2,1-7H3/t19-,29-/m0/s1. The van der Waals surface area contributed by atoms with Gasteiger partial charge in [0.25, 0.3) is 0 Å². The summed E-state index contributed by atoms with van der Waals surface area (Å²) in [6, 6.07) is 5.15. The number of allylic oxidation sites excluding steroid dienone is 1. The van der Waals surface area contributed by atoms with Gasteiger partial charge in [0, 0.05) is 25.6 Å². The molecule has 0 unspecified atom stereocenters. The molecule has 1 fully saturated rings. The van der Waals surface area contributed by atoms with Crippen LogP contribution >= 0.6 is 0 Å². The zero-order valence-electron chi connectivity index (χ0n) is 26.4. The van der Waals surface area contributed by atoms with Crippen LogP contribution in [0.4, 0.5) is 36.8 Å². The summed E-state index contributed by atoms with van der Waals surface area (Å²) in [7, 11) is 2.57. The van der Waals surface area contributed by atoms with Crippen molar-refractivity contribution in [3.8, 4) is 5.75 Å². The first-order valence-corrected chi connectivity index (χ1v) is 14.7. The molecule has 0 saturated carbocycles. The van der Waals surface area contributed by atoms with Gasteiger partial charge < -0.3 is 14.4 Å². The molecule has 1 aliphatic heterocycles. The fourth-order valence-electron chi connectivity index (χ4n) is 6.24. The average molecular weight is 641 g/mol. The molecule has 4 rings (SSSR count). The molecule has 2 atom stereocenters. The van der Waals surface area contributed by atoms with Crippen molar-refractivity contribution in [2.45, 2.75) is 84.8 Å². The molecule has 0 radical (unpaired) electrons. The predicted octanol–water partition coefficient (Wildman–Crippen LogP) is 8.96. The molecule has 246 valence electrons. The van der Waals surface area contributed by atoms with Crippen LogP contribution in [0.5, 0.6) is 5.75 Å². The monoisotopic (exact) mass is 640 g/mol. The Kier molecular flexibility index (Phi) is 9.30. The molecule has 6 nitrogen and oxygen atoms in total. The number of alkyl halides is 6. The number of hydrogen-bond donors (Lipinski definition) is 0. The van der Waals surface area contributed by atoms with Crippen molar-refractivity contribution in [2.75, 3.05) is 25.6 Å². The van der Waals surface area contributed by atoms with Gasteiger partial charge >= 0.3 is 18.4 Å². The van der Waals surface area contributed by atoms with E-state index in [-0.39, 0.29) is 35.4 Å². The second kappa shape index (κ2) is 12.2. The van der Waals surface area contributed by atoms with Crippen LogP contribution in [-0.2, 0) is 21.9 Å². The van der Waals surface area contributed by atoms with Gasteiger partial charge in [-0.2, -0.15) is 26.3 Å². The Morgan fingerprint density at radius 1 is 1.09 bits per heavy atom. The highest BCUT2D eigenvalue weighted by Gasteiger charge is 2.43. The van der Waals surface area contributed by atoms with Crippen molar-refractivity contribution in [1.29, 1.82) is 0 Å². The summed E-state index contributed by atoms with van der Waals surface area (Å²) in [5, 5.41) is 0. The normalized spacial score (nSPS) is 20.4. The van der Waals surface area contributed by atoms with Crippen LogP contribution in [0.15, 0.2) is 35.9 Å². The number of carbonyl (C=O) groups excluding carboxylic acids is 2. The molecule has 2 aromatic carbocycles. The fourth-order valence-corrected chi connectivity index (χ4v) is 6.24. The Morgan fingerprint density at radius 3 is 2.33 bits per heavy atom. The zero-order valence-corrected chi connectivity index (χ0v) is 26.4. The Bertz CT molecular complexity index is 1510. The lowest BCUT2D eigenvalue weighted by Gasteiger charge is -2.36. The molecular weight excluding hydrogens is 602 g/mol. The quantitative estimate of drug-likeness (QED) is 0.284. The van der Waals surface area contributed by atoms with E-state index >= 15 is 0 Å². The summed E-state index contributed by atoms with van der Waals surface area (Å²) in [6.45, 7) is 8.94. The summed E-state index contributed by atoms with van der Waals surface area (Å²) in [5.41, 5.74) is 0.0691. The van der Waals surface area contributed by atoms with Crippen molar-refractivity contribution in [2.24, 2.45) is 5.41 Å². The average Bonchev–Trinajstić information content (AvgIpc) is 3.22. The smallest absolute Gasteiger partial charge is 0.418 e. The first-order valence-electron chi connectivity index (χ1n) is 14.7. The van der Waals surface area contributed by atoms with E-state index < -0.39 is 47.6 Å². The minimum atomic E-state index is -4.76. The summed E-state index contributed by atoms with van der Waals surface area (Å²) >= 11 is 0. The number of halogens is 6. The first-order chi connectivity index (χ1) is 20.8. The Hall–Kier alpha value is -3.70. The van der Waals surface area contributed by atoms with E-state index in [0.29, 0.717) is 36.0 Å². The van der Waals surface area contributed by atoms with E-state index in [1.165, 1.54) is 32.0 Å². The van der Waals surface area contributed by atoms with Crippen LogP contribution in [0.25, 0.3) is 5.57 Å². The number of cyclic esters (lactones) is 1. The number of rotatable bonds is 7. The molecule has 2 amide bonds. The summed E-state index contributed by atoms with van der Waals surface area (Å²) in [6.07, 6.45) is -9.35. The van der Waals surface area contributed by atoms with Gasteiger partial charge in [0.1, 0.15) is 11.9 Å². The van der Waals surface area contributed by atoms with Crippen LogP contribution in [0.3, 0.4) is 0 Å². The van der Waals surface area contributed by atoms with Gasteiger partial charge in [-0.3, -0.25) is 9.69 Å². The number of methoxy groups -OCH3 is 1. The summed E-state index contributed by atoms with van der Waals surface area (Å²) in [4.78, 5) is 28.2. The largest absolute Gasteiger partial charge is 0.496 e. The van der Waals surface area contributed by atoms with E-state index in [2.05, 4.69) is 0 Å². The minimum absolute atomic E-state index is 0.00117. The second-order valence-electron chi connectivity index (χ2n) is 12.6. The van der Waals surface area contributed by atoms with Gasteiger partial charge in [0.2, 0.25) is 5.91 Å². The molecule has 45 heavy (non-hydrogen) atoms. The first kappa shape index (κ1) is 34.2. The lowest BCUT2D eigenvalue weighted by Crippen LogP contribution is -2.35. The minimum Gasteiger partial charge on any atom is -0.496 e. The topological polar surface area (TPSA) is 59.1 Å². The number of hydrogen-bond acceptors (Lipinski definition) is 4. The Labute approximate surface area is 259 Å². The Balaban J connectivity index is 1.81. The highest BCUT2D eigenvalue weighted by molar-refractivity contribution is 5.94. The van der Waals surface area contributed by atoms with Gasteiger partial charge in [-0.25, -0.2) is 4.79 Å². The third kappa shape index (κ3) is 7.09. The van der Waals surface area contributed by atoms with Crippen LogP contribution < -0.4 is 9.64 Å². The van der Waals surface area contributed by atoms with Crippen LogP contribution in [0.2, 0.25) is 0 Å². The number of anilines is 1. The number of aryl methyl sites for hydroxylation is 1. The van der Waals surface area contributed by atoms with Crippen LogP contribution in [0.1, 0.15) is 87.3 Å². The summed E-state index contributed by atoms with van der Waals surface area (Å²) in [5.74, 6) is -0.523. The van der Waals surface area contributed by atoms with E-state index in [1.807, 2.05) is 13.8 Å². The van der Waals surface area contributed by atoms with Gasteiger partial charge in [0.05, 0.1) is 30.0 Å². The van der Waals surface area contributed by atoms with Crippen molar-refractivity contribution in [1.82, 2.24) is 4.90 Å². The SMILES string of the molecule is CCC(=O)N(C)c1cc(C2=C(CN3C(=O)O[C@H](c4cc(C)cc(C(F)(F)F)c4)[C@@H]3C)CC(C)(C)CC2)c(OC)cc1C(F)(F)F. The maximum Gasteiger partial charge on any atom is 0.418 e. The molecule has 1 heterocycles. The van der Waals surface area contributed by atoms with Gasteiger partial charge in [-0.05, 0) is 79.5 Å². The van der Waals surface area contributed by atoms with Gasteiger partial charge in [0.15, 0.2) is 0 Å². The lowest BCUT2D eigenvalue weighted by atomic mass is 9.72. The molecule has 2 aromatic rings. The number of amides is 2. The third-order valence-electron chi connectivity index (χ3n) is 8.67. The zero-order chi connectivity index (χ0) is 33.6. The molecule has 1 aliphatic carbocycles. The van der Waals surface area contributed by atoms with Crippen LogP contribution in [0, 0.1) is 12.3 Å². The fraction of sp³-hybridized carbons (Fsp3) is 0.515. The molecular formula is C33H38F6N2O4. The highest BCUT2D eigenvalue weighted by atomic mass is 19.4. The Morgan fingerprint density at radius 2 is 1.76 bits per heavy atom. The molecule has 0 bridgehead atoms. The van der Waals surface area contributed by atoms with Crippen LogP contribution in [-0.4, -0.2) is 43.6 Å². The van der Waals surface area contributed by atoms with Crippen molar-refractivity contribution < 1.29 is 45.4 Å². The van der Waals surface area contributed by atoms with E-state index in [1.54, 1.807) is 19.9 Å². The molecule has 0 spiro atoms. The van der Waals surface area contributed by atoms with E-state index in [9.17, 15) is 35.9 Å². The lowest BCUT2D eigenvalue weighted by molar-refractivity contribution is -0.138. The van der Waals surface area contributed by atoms with Gasteiger partial charge in [-0.15, -0.1) is 0 Å². The molecule has 12 heteroatoms. The van der Waals surface area contributed by atoms with Gasteiger partial charge in [-0.1, -0.05) is 32.4 Å². The molecule has 2 aliphatic rings. The molecule has 1 saturated heterocycles. The van der Waals surface area contributed by atoms with E-state index in [4.69, 9.17) is 9.47 Å².